The summed E-state index contributed by atoms with van der Waals surface area (Å²) in [5, 5.41) is 9.30. The Morgan fingerprint density at radius 1 is 1.52 bits per heavy atom. The summed E-state index contributed by atoms with van der Waals surface area (Å²) in [6, 6.07) is 5.39. The lowest BCUT2D eigenvalue weighted by Crippen LogP contribution is -2.40. The quantitative estimate of drug-likeness (QED) is 0.767. The Morgan fingerprint density at radius 3 is 2.86 bits per heavy atom. The van der Waals surface area contributed by atoms with E-state index in [1.54, 1.807) is 12.1 Å². The summed E-state index contributed by atoms with van der Waals surface area (Å²) in [6.45, 7) is 0.161. The number of ether oxygens (including phenoxy) is 1. The summed E-state index contributed by atoms with van der Waals surface area (Å²) in [6.07, 6.45) is 3.81. The second kappa shape index (κ2) is 6.71. The molecule has 1 N–H and O–H groups in total. The second-order valence-electron chi connectivity index (χ2n) is 4.93. The van der Waals surface area contributed by atoms with Gasteiger partial charge in [0.05, 0.1) is 18.4 Å². The van der Waals surface area contributed by atoms with E-state index in [0.717, 1.165) is 12.0 Å². The molecule has 0 atom stereocenters. The molecule has 1 aromatic rings. The standard InChI is InChI=1S/C13H16ClN3O3S/c14-12-8-11(2-5-16-12)9-17-21(18,19)7-6-20-13(10-15)3-1-4-13/h2,5,8,17H,1,3-4,6-7,9H2. The van der Waals surface area contributed by atoms with E-state index < -0.39 is 15.6 Å². The number of nitrogens with one attached hydrogen (secondary N) is 1. The number of hydrogen-bond acceptors (Lipinski definition) is 5. The van der Waals surface area contributed by atoms with Crippen molar-refractivity contribution in [3.63, 3.8) is 0 Å². The second-order valence-corrected chi connectivity index (χ2v) is 7.25. The van der Waals surface area contributed by atoms with Crippen molar-refractivity contribution in [2.45, 2.75) is 31.4 Å². The van der Waals surface area contributed by atoms with Crippen molar-refractivity contribution < 1.29 is 13.2 Å². The molecule has 21 heavy (non-hydrogen) atoms. The van der Waals surface area contributed by atoms with Gasteiger partial charge in [0.1, 0.15) is 5.15 Å². The first-order chi connectivity index (χ1) is 9.95. The van der Waals surface area contributed by atoms with Gasteiger partial charge >= 0.3 is 0 Å². The van der Waals surface area contributed by atoms with Crippen LogP contribution in [0.15, 0.2) is 18.3 Å². The molecule has 114 valence electrons. The minimum absolute atomic E-state index is 0.0139. The van der Waals surface area contributed by atoms with Gasteiger partial charge in [-0.3, -0.25) is 0 Å². The molecule has 0 bridgehead atoms. The number of rotatable bonds is 7. The van der Waals surface area contributed by atoms with Crippen molar-refractivity contribution in [3.05, 3.63) is 29.0 Å². The topological polar surface area (TPSA) is 92.1 Å². The predicted octanol–water partition coefficient (Wildman–Crippen LogP) is 1.62. The first-order valence-electron chi connectivity index (χ1n) is 6.58. The number of nitrogens with zero attached hydrogens (tertiary/aromatic N) is 2. The van der Waals surface area contributed by atoms with Gasteiger partial charge in [-0.05, 0) is 37.0 Å². The zero-order valence-corrected chi connectivity index (χ0v) is 13.0. The highest BCUT2D eigenvalue weighted by molar-refractivity contribution is 7.89. The number of sulfonamides is 1. The molecule has 0 unspecified atom stereocenters. The molecule has 1 saturated carbocycles. The zero-order chi connectivity index (χ0) is 15.3. The van der Waals surface area contributed by atoms with E-state index in [0.29, 0.717) is 18.0 Å². The Kier molecular flexibility index (Phi) is 5.17. The SMILES string of the molecule is N#CC1(OCCS(=O)(=O)NCc2ccnc(Cl)c2)CCC1. The fourth-order valence-corrected chi connectivity index (χ4v) is 2.98. The number of aromatic nitrogens is 1. The lowest BCUT2D eigenvalue weighted by molar-refractivity contribution is -0.0489. The minimum atomic E-state index is -3.46. The van der Waals surface area contributed by atoms with Gasteiger partial charge in [0.2, 0.25) is 10.0 Å². The van der Waals surface area contributed by atoms with Crippen LogP contribution in [0, 0.1) is 11.3 Å². The summed E-state index contributed by atoms with van der Waals surface area (Å²) in [7, 11) is -3.46. The average molecular weight is 330 g/mol. The van der Waals surface area contributed by atoms with Crippen LogP contribution in [0.4, 0.5) is 0 Å². The maximum absolute atomic E-state index is 11.8. The largest absolute Gasteiger partial charge is 0.359 e. The Morgan fingerprint density at radius 2 is 2.29 bits per heavy atom. The van der Waals surface area contributed by atoms with Crippen LogP contribution in [0.3, 0.4) is 0 Å². The van der Waals surface area contributed by atoms with E-state index in [2.05, 4.69) is 15.8 Å². The molecule has 1 aliphatic rings. The van der Waals surface area contributed by atoms with Crippen LogP contribution < -0.4 is 4.72 Å². The lowest BCUT2D eigenvalue weighted by atomic mass is 9.81. The summed E-state index contributed by atoms with van der Waals surface area (Å²) < 4.78 is 31.6. The molecule has 0 saturated heterocycles. The van der Waals surface area contributed by atoms with E-state index in [1.807, 2.05) is 0 Å². The molecule has 1 aromatic heterocycles. The minimum Gasteiger partial charge on any atom is -0.359 e. The molecule has 1 heterocycles. The molecule has 8 heteroatoms. The Balaban J connectivity index is 1.78. The molecule has 6 nitrogen and oxygen atoms in total. The van der Waals surface area contributed by atoms with E-state index in [1.165, 1.54) is 6.20 Å². The van der Waals surface area contributed by atoms with Crippen molar-refractivity contribution in [2.24, 2.45) is 0 Å². The molecular weight excluding hydrogens is 314 g/mol. The number of nitriles is 1. The molecule has 2 rings (SSSR count). The van der Waals surface area contributed by atoms with Gasteiger partial charge < -0.3 is 4.74 Å². The third-order valence-corrected chi connectivity index (χ3v) is 4.88. The van der Waals surface area contributed by atoms with E-state index in [4.69, 9.17) is 21.6 Å². The molecule has 1 aliphatic carbocycles. The highest BCUT2D eigenvalue weighted by atomic mass is 35.5. The fourth-order valence-electron chi connectivity index (χ4n) is 1.95. The van der Waals surface area contributed by atoms with E-state index in [-0.39, 0.29) is 18.9 Å². The van der Waals surface area contributed by atoms with Crippen molar-refractivity contribution in [1.82, 2.24) is 9.71 Å². The van der Waals surface area contributed by atoms with Crippen LogP contribution in [0.1, 0.15) is 24.8 Å². The first-order valence-corrected chi connectivity index (χ1v) is 8.61. The smallest absolute Gasteiger partial charge is 0.214 e. The van der Waals surface area contributed by atoms with Gasteiger partial charge in [-0.1, -0.05) is 11.6 Å². The molecule has 0 aliphatic heterocycles. The Bertz CT molecular complexity index is 638. The molecule has 1 fully saturated rings. The van der Waals surface area contributed by atoms with Crippen LogP contribution in [-0.4, -0.2) is 31.4 Å². The maximum atomic E-state index is 11.8. The van der Waals surface area contributed by atoms with Gasteiger partial charge in [-0.15, -0.1) is 0 Å². The first kappa shape index (κ1) is 16.2. The third kappa shape index (κ3) is 4.64. The van der Waals surface area contributed by atoms with Gasteiger partial charge in [0, 0.05) is 12.7 Å². The van der Waals surface area contributed by atoms with Crippen molar-refractivity contribution in [3.8, 4) is 6.07 Å². The zero-order valence-electron chi connectivity index (χ0n) is 11.4. The highest BCUT2D eigenvalue weighted by Crippen LogP contribution is 2.34. The van der Waals surface area contributed by atoms with Crippen LogP contribution in [-0.2, 0) is 21.3 Å². The Hall–Kier alpha value is -1.20. The van der Waals surface area contributed by atoms with Crippen LogP contribution in [0.25, 0.3) is 0 Å². The monoisotopic (exact) mass is 329 g/mol. The molecule has 0 aromatic carbocycles. The number of hydrogen-bond donors (Lipinski definition) is 1. The van der Waals surface area contributed by atoms with Crippen LogP contribution in [0.2, 0.25) is 5.15 Å². The van der Waals surface area contributed by atoms with Crippen LogP contribution in [0.5, 0.6) is 0 Å². The molecule has 0 radical (unpaired) electrons. The summed E-state index contributed by atoms with van der Waals surface area (Å²) in [5.74, 6) is -0.171. The van der Waals surface area contributed by atoms with E-state index >= 15 is 0 Å². The molecule has 0 amide bonds. The number of pyridine rings is 1. The molecular formula is C13H16ClN3O3S. The summed E-state index contributed by atoms with van der Waals surface area (Å²) in [5.41, 5.74) is -0.0410. The fraction of sp³-hybridized carbons (Fsp3) is 0.538. The van der Waals surface area contributed by atoms with Gasteiger partial charge in [0.15, 0.2) is 5.60 Å². The Labute approximate surface area is 129 Å². The molecule has 0 spiro atoms. The predicted molar refractivity (Wildman–Crippen MR) is 78.0 cm³/mol. The van der Waals surface area contributed by atoms with Crippen molar-refractivity contribution >= 4 is 21.6 Å². The number of halogens is 1. The van der Waals surface area contributed by atoms with Gasteiger partial charge in [0.25, 0.3) is 0 Å². The lowest BCUT2D eigenvalue weighted by Gasteiger charge is -2.34. The normalized spacial score (nSPS) is 17.0. The van der Waals surface area contributed by atoms with Gasteiger partial charge in [-0.2, -0.15) is 5.26 Å². The maximum Gasteiger partial charge on any atom is 0.214 e. The van der Waals surface area contributed by atoms with Crippen LogP contribution >= 0.6 is 11.6 Å². The van der Waals surface area contributed by atoms with Gasteiger partial charge in [-0.25, -0.2) is 18.1 Å². The average Bonchev–Trinajstić information content (AvgIpc) is 2.40. The van der Waals surface area contributed by atoms with Crippen molar-refractivity contribution in [2.75, 3.05) is 12.4 Å². The summed E-state index contributed by atoms with van der Waals surface area (Å²) in [4.78, 5) is 3.82. The van der Waals surface area contributed by atoms with Crippen molar-refractivity contribution in [1.29, 1.82) is 5.26 Å². The third-order valence-electron chi connectivity index (χ3n) is 3.38. The highest BCUT2D eigenvalue weighted by Gasteiger charge is 2.38. The van der Waals surface area contributed by atoms with E-state index in [9.17, 15) is 8.42 Å². The summed E-state index contributed by atoms with van der Waals surface area (Å²) >= 11 is 5.73.